The monoisotopic (exact) mass is 216 g/mol. The molecule has 48 valence electrons. The van der Waals surface area contributed by atoms with Crippen molar-refractivity contribution in [2.24, 2.45) is 8.80 Å². The molecule has 0 atom stereocenters. The molecule has 0 aliphatic carbocycles. The van der Waals surface area contributed by atoms with Gasteiger partial charge in [-0.15, -0.1) is 0 Å². The molecule has 0 spiro atoms. The standard InChI is InChI=1S/C4N4SSe/c1-5-3-4(6-2)8-9(10)7-3. The summed E-state index contributed by atoms with van der Waals surface area (Å²) in [6, 6.07) is 0. The number of amidine groups is 2. The molecule has 4 nitrogen and oxygen atoms in total. The third-order valence-corrected chi connectivity index (χ3v) is 2.34. The van der Waals surface area contributed by atoms with Crippen LogP contribution in [0.1, 0.15) is 0 Å². The Kier molecular flexibility index (Phi) is 2.08. The first kappa shape index (κ1) is 7.30. The fourth-order valence-corrected chi connectivity index (χ4v) is 1.86. The molecule has 0 aromatic rings. The Morgan fingerprint density at radius 2 is 1.60 bits per heavy atom. The van der Waals surface area contributed by atoms with Crippen molar-refractivity contribution in [2.75, 3.05) is 0 Å². The fourth-order valence-electron chi connectivity index (χ4n) is 0.391. The van der Waals surface area contributed by atoms with Gasteiger partial charge in [0, 0.05) is 0 Å². The third kappa shape index (κ3) is 1.19. The van der Waals surface area contributed by atoms with Crippen LogP contribution in [0, 0.1) is 13.1 Å². The number of nitrogens with zero attached hydrogens (tertiary/aromatic N) is 4. The molecular weight excluding hydrogens is 215 g/mol. The normalized spacial score (nSPS) is 17.0. The Labute approximate surface area is 67.2 Å². The first-order valence-corrected chi connectivity index (χ1v) is 5.29. The van der Waals surface area contributed by atoms with Crippen LogP contribution in [0.4, 0.5) is 0 Å². The molecule has 0 unspecified atom stereocenters. The maximum atomic E-state index is 6.58. The van der Waals surface area contributed by atoms with Crippen LogP contribution in [-0.2, 0) is 0 Å². The predicted octanol–water partition coefficient (Wildman–Crippen LogP) is 0.818. The van der Waals surface area contributed by atoms with Crippen molar-refractivity contribution in [1.29, 1.82) is 0 Å². The predicted molar refractivity (Wildman–Crippen MR) is 41.4 cm³/mol. The first-order chi connectivity index (χ1) is 4.77. The number of rotatable bonds is 0. The maximum absolute atomic E-state index is 6.58. The van der Waals surface area contributed by atoms with Crippen LogP contribution in [-0.4, -0.2) is 26.1 Å². The van der Waals surface area contributed by atoms with Crippen LogP contribution in [0.25, 0.3) is 9.69 Å². The third-order valence-electron chi connectivity index (χ3n) is 0.741. The topological polar surface area (TPSA) is 33.4 Å². The van der Waals surface area contributed by atoms with E-state index in [-0.39, 0.29) is 11.7 Å². The van der Waals surface area contributed by atoms with Crippen LogP contribution < -0.4 is 0 Å². The summed E-state index contributed by atoms with van der Waals surface area (Å²) in [6.07, 6.45) is 0. The van der Waals surface area contributed by atoms with Gasteiger partial charge in [0.2, 0.25) is 0 Å². The molecule has 0 fully saturated rings. The summed E-state index contributed by atoms with van der Waals surface area (Å²) in [5.74, 6) is 0.245. The van der Waals surface area contributed by atoms with Crippen molar-refractivity contribution in [3.8, 4) is 0 Å². The van der Waals surface area contributed by atoms with Crippen molar-refractivity contribution in [3.05, 3.63) is 22.8 Å². The summed E-state index contributed by atoms with van der Waals surface area (Å²) in [6.45, 7) is 13.2. The van der Waals surface area contributed by atoms with Gasteiger partial charge in [-0.1, -0.05) is 0 Å². The Bertz CT molecular complexity index is 296. The van der Waals surface area contributed by atoms with Crippen molar-refractivity contribution < 1.29 is 0 Å². The Hall–Kier alpha value is -0.811. The summed E-state index contributed by atoms with van der Waals surface area (Å²) in [5, 5.41) is 0. The molecule has 10 heavy (non-hydrogen) atoms. The summed E-state index contributed by atoms with van der Waals surface area (Å²) >= 11 is 2.63. The van der Waals surface area contributed by atoms with E-state index >= 15 is 0 Å². The van der Waals surface area contributed by atoms with Crippen molar-refractivity contribution in [2.45, 2.75) is 0 Å². The van der Waals surface area contributed by atoms with Crippen LogP contribution >= 0.6 is 9.19 Å². The summed E-state index contributed by atoms with van der Waals surface area (Å²) < 4.78 is 7.55. The van der Waals surface area contributed by atoms with E-state index in [1.165, 1.54) is 0 Å². The zero-order chi connectivity index (χ0) is 7.56. The summed E-state index contributed by atoms with van der Waals surface area (Å²) in [5.41, 5.74) is 0. The molecule has 0 saturated heterocycles. The summed E-state index contributed by atoms with van der Waals surface area (Å²) in [4.78, 5) is 6.07. The number of hydrogen-bond acceptors (Lipinski definition) is 2. The van der Waals surface area contributed by atoms with Crippen molar-refractivity contribution in [3.63, 3.8) is 0 Å². The summed E-state index contributed by atoms with van der Waals surface area (Å²) in [7, 11) is -0.609. The van der Waals surface area contributed by atoms with E-state index in [9.17, 15) is 0 Å². The number of hydrogen-bond donors (Lipinski definition) is 0. The van der Waals surface area contributed by atoms with Crippen LogP contribution in [0.2, 0.25) is 0 Å². The Balaban J connectivity index is 3.12. The van der Waals surface area contributed by atoms with E-state index in [1.807, 2.05) is 0 Å². The molecule has 6 heteroatoms. The van der Waals surface area contributed by atoms with Crippen molar-refractivity contribution >= 4 is 35.2 Å². The zero-order valence-electron chi connectivity index (χ0n) is 4.61. The van der Waals surface area contributed by atoms with Gasteiger partial charge < -0.3 is 0 Å². The SMILES string of the molecule is [C-]#[N+]C1=NS(=[Se])N=C1[N+]#[C-]. The van der Waals surface area contributed by atoms with E-state index < -0.39 is 9.19 Å². The van der Waals surface area contributed by atoms with Gasteiger partial charge in [-0.25, -0.2) is 0 Å². The van der Waals surface area contributed by atoms with Gasteiger partial charge in [-0.05, 0) is 0 Å². The molecule has 0 aromatic heterocycles. The molecule has 1 aliphatic heterocycles. The van der Waals surface area contributed by atoms with Gasteiger partial charge >= 0.3 is 66.9 Å². The van der Waals surface area contributed by atoms with Crippen LogP contribution in [0.15, 0.2) is 8.80 Å². The Morgan fingerprint density at radius 3 is 1.90 bits per heavy atom. The van der Waals surface area contributed by atoms with E-state index in [1.54, 1.807) is 0 Å². The average Bonchev–Trinajstić information content (AvgIpc) is 2.30. The van der Waals surface area contributed by atoms with E-state index in [0.717, 1.165) is 0 Å². The molecule has 0 radical (unpaired) electrons. The molecule has 0 amide bonds. The second kappa shape index (κ2) is 2.85. The molecule has 0 aromatic carbocycles. The van der Waals surface area contributed by atoms with Gasteiger partial charge in [0.25, 0.3) is 0 Å². The second-order valence-corrected chi connectivity index (χ2v) is 3.99. The minimum absolute atomic E-state index is 0.122. The molecular formula is C4N4SSe. The molecule has 0 N–H and O–H groups in total. The molecule has 1 heterocycles. The fraction of sp³-hybridized carbons (Fsp3) is 0. The van der Waals surface area contributed by atoms with E-state index in [2.05, 4.69) is 32.9 Å². The molecule has 1 rings (SSSR count). The van der Waals surface area contributed by atoms with Crippen LogP contribution in [0.5, 0.6) is 0 Å². The van der Waals surface area contributed by atoms with Gasteiger partial charge in [0.05, 0.1) is 0 Å². The zero-order valence-corrected chi connectivity index (χ0v) is 7.13. The van der Waals surface area contributed by atoms with Crippen molar-refractivity contribution in [1.82, 2.24) is 0 Å². The molecule has 1 aliphatic rings. The quantitative estimate of drug-likeness (QED) is 0.423. The first-order valence-electron chi connectivity index (χ1n) is 2.12. The molecule has 0 bridgehead atoms. The van der Waals surface area contributed by atoms with Gasteiger partial charge in [0.15, 0.2) is 0 Å². The van der Waals surface area contributed by atoms with Gasteiger partial charge in [-0.3, -0.25) is 0 Å². The molecule has 0 saturated carbocycles. The second-order valence-electron chi connectivity index (χ2n) is 1.28. The van der Waals surface area contributed by atoms with E-state index in [0.29, 0.717) is 0 Å². The van der Waals surface area contributed by atoms with Gasteiger partial charge in [-0.2, -0.15) is 0 Å². The minimum atomic E-state index is -0.609. The average molecular weight is 215 g/mol. The Morgan fingerprint density at radius 1 is 1.20 bits per heavy atom. The van der Waals surface area contributed by atoms with E-state index in [4.69, 9.17) is 13.1 Å². The van der Waals surface area contributed by atoms with Crippen LogP contribution in [0.3, 0.4) is 0 Å². The van der Waals surface area contributed by atoms with Gasteiger partial charge in [0.1, 0.15) is 0 Å².